The van der Waals surface area contributed by atoms with Crippen LogP contribution >= 0.6 is 0 Å². The molecule has 2 N–H and O–H groups in total. The van der Waals surface area contributed by atoms with E-state index in [1.54, 1.807) is 7.11 Å². The average Bonchev–Trinajstić information content (AvgIpc) is 2.99. The normalized spacial score (nSPS) is 14.1. The number of hydrogen-bond donors (Lipinski definition) is 2. The van der Waals surface area contributed by atoms with Gasteiger partial charge in [0, 0.05) is 16.9 Å². The van der Waals surface area contributed by atoms with Crippen LogP contribution in [-0.2, 0) is 5.60 Å². The minimum Gasteiger partial charge on any atom is -0.481 e. The lowest BCUT2D eigenvalue weighted by Gasteiger charge is -2.38. The summed E-state index contributed by atoms with van der Waals surface area (Å²) >= 11 is 0. The first-order valence-corrected chi connectivity index (χ1v) is 14.0. The lowest BCUT2D eigenvalue weighted by Crippen LogP contribution is -2.35. The second kappa shape index (κ2) is 12.5. The molecule has 6 heteroatoms. The van der Waals surface area contributed by atoms with Gasteiger partial charge in [-0.2, -0.15) is 0 Å². The van der Waals surface area contributed by atoms with Gasteiger partial charge in [0.15, 0.2) is 0 Å². The van der Waals surface area contributed by atoms with Gasteiger partial charge >= 0.3 is 0 Å². The number of unbranched alkanes of at least 4 members (excludes halogenated alkanes) is 1. The SMILES string of the molecule is COc1nc2ccc(C=NO)cc2cc1[C@@H](c1ccccc1)[C@@](O)(CCCCN(C)C)c1ccc2ccccc2c1. The molecule has 0 amide bonds. The van der Waals surface area contributed by atoms with Crippen molar-refractivity contribution in [2.45, 2.75) is 30.8 Å². The Kier molecular flexibility index (Phi) is 8.62. The van der Waals surface area contributed by atoms with E-state index in [2.05, 4.69) is 72.7 Å². The van der Waals surface area contributed by atoms with Crippen molar-refractivity contribution in [2.24, 2.45) is 5.16 Å². The number of methoxy groups -OCH3 is 1. The molecule has 0 unspecified atom stereocenters. The van der Waals surface area contributed by atoms with Gasteiger partial charge in [0.1, 0.15) is 5.60 Å². The van der Waals surface area contributed by atoms with E-state index in [0.29, 0.717) is 12.3 Å². The molecular formula is C35H37N3O3. The highest BCUT2D eigenvalue weighted by molar-refractivity contribution is 5.89. The molecule has 4 aromatic carbocycles. The fraction of sp³-hybridized carbons (Fsp3) is 0.257. The summed E-state index contributed by atoms with van der Waals surface area (Å²) in [6.45, 7) is 0.944. The maximum absolute atomic E-state index is 13.1. The number of fused-ring (bicyclic) bond motifs is 2. The zero-order valence-electron chi connectivity index (χ0n) is 23.9. The Hall–Kier alpha value is -4.26. The van der Waals surface area contributed by atoms with Crippen LogP contribution in [0.15, 0.2) is 102 Å². The Labute approximate surface area is 241 Å². The Morgan fingerprint density at radius 3 is 2.37 bits per heavy atom. The van der Waals surface area contributed by atoms with Crippen LogP contribution in [0, 0.1) is 0 Å². The van der Waals surface area contributed by atoms with Crippen molar-refractivity contribution in [3.8, 4) is 5.88 Å². The van der Waals surface area contributed by atoms with Crippen LogP contribution in [0.3, 0.4) is 0 Å². The van der Waals surface area contributed by atoms with Gasteiger partial charge in [0.05, 0.1) is 18.8 Å². The van der Waals surface area contributed by atoms with Crippen molar-refractivity contribution in [3.05, 3.63) is 119 Å². The first kappa shape index (κ1) is 28.3. The molecule has 0 aliphatic rings. The van der Waals surface area contributed by atoms with Gasteiger partial charge in [0.25, 0.3) is 0 Å². The summed E-state index contributed by atoms with van der Waals surface area (Å²) in [6.07, 6.45) is 3.75. The van der Waals surface area contributed by atoms with E-state index in [1.165, 1.54) is 6.21 Å². The lowest BCUT2D eigenvalue weighted by molar-refractivity contribution is 0.00690. The van der Waals surface area contributed by atoms with Crippen molar-refractivity contribution in [2.75, 3.05) is 27.7 Å². The fourth-order valence-corrected chi connectivity index (χ4v) is 5.81. The van der Waals surface area contributed by atoms with Crippen molar-refractivity contribution in [3.63, 3.8) is 0 Å². The summed E-state index contributed by atoms with van der Waals surface area (Å²) in [6, 6.07) is 32.3. The van der Waals surface area contributed by atoms with E-state index in [0.717, 1.165) is 63.3 Å². The average molecular weight is 548 g/mol. The molecule has 0 saturated carbocycles. The quantitative estimate of drug-likeness (QED) is 0.0809. The molecule has 0 spiro atoms. The van der Waals surface area contributed by atoms with Crippen molar-refractivity contribution in [1.82, 2.24) is 9.88 Å². The molecule has 5 rings (SSSR count). The number of ether oxygens (including phenoxy) is 1. The first-order chi connectivity index (χ1) is 19.9. The second-order valence-electron chi connectivity index (χ2n) is 10.9. The minimum atomic E-state index is -1.26. The van der Waals surface area contributed by atoms with Gasteiger partial charge in [-0.05, 0) is 91.6 Å². The standard InChI is InChI=1S/C35H37N3O3/c1-38(2)20-10-9-19-35(39,30-17-16-26-11-7-8-14-28(26)22-30)33(27-12-5-4-6-13-27)31-23-29-21-25(24-36-40)15-18-32(29)37-34(31)41-3/h4-8,11-18,21-24,33,39-40H,9-10,19-20H2,1-3H3/t33-,35-/m1/s1. The summed E-state index contributed by atoms with van der Waals surface area (Å²) in [5, 5.41) is 28.4. The highest BCUT2D eigenvalue weighted by Crippen LogP contribution is 2.48. The van der Waals surface area contributed by atoms with E-state index in [-0.39, 0.29) is 0 Å². The second-order valence-corrected chi connectivity index (χ2v) is 10.9. The smallest absolute Gasteiger partial charge is 0.217 e. The predicted molar refractivity (Wildman–Crippen MR) is 166 cm³/mol. The van der Waals surface area contributed by atoms with Gasteiger partial charge in [0.2, 0.25) is 5.88 Å². The lowest BCUT2D eigenvalue weighted by atomic mass is 9.71. The van der Waals surface area contributed by atoms with Gasteiger partial charge in [-0.15, -0.1) is 0 Å². The van der Waals surface area contributed by atoms with Crippen molar-refractivity contribution < 1.29 is 15.1 Å². The maximum Gasteiger partial charge on any atom is 0.217 e. The zero-order valence-corrected chi connectivity index (χ0v) is 23.9. The van der Waals surface area contributed by atoms with Crippen molar-refractivity contribution >= 4 is 27.9 Å². The van der Waals surface area contributed by atoms with Crippen LogP contribution in [0.2, 0.25) is 0 Å². The van der Waals surface area contributed by atoms with E-state index < -0.39 is 11.5 Å². The first-order valence-electron chi connectivity index (χ1n) is 14.0. The zero-order chi connectivity index (χ0) is 28.8. The number of oxime groups is 1. The third kappa shape index (κ3) is 6.09. The number of pyridine rings is 1. The van der Waals surface area contributed by atoms with Crippen LogP contribution in [0.5, 0.6) is 5.88 Å². The molecule has 210 valence electrons. The number of nitrogens with zero attached hydrogens (tertiary/aromatic N) is 3. The number of aromatic nitrogens is 1. The van der Waals surface area contributed by atoms with Gasteiger partial charge in [-0.25, -0.2) is 4.98 Å². The topological polar surface area (TPSA) is 78.2 Å². The molecule has 6 nitrogen and oxygen atoms in total. The van der Waals surface area contributed by atoms with Gasteiger partial charge in [-0.3, -0.25) is 0 Å². The fourth-order valence-electron chi connectivity index (χ4n) is 5.81. The van der Waals surface area contributed by atoms with E-state index >= 15 is 0 Å². The maximum atomic E-state index is 13.1. The van der Waals surface area contributed by atoms with Crippen LogP contribution < -0.4 is 4.74 Å². The third-order valence-corrected chi connectivity index (χ3v) is 7.82. The molecule has 0 aliphatic carbocycles. The van der Waals surface area contributed by atoms with Gasteiger partial charge in [-0.1, -0.05) is 78.0 Å². The molecule has 0 fully saturated rings. The van der Waals surface area contributed by atoms with Crippen molar-refractivity contribution in [1.29, 1.82) is 0 Å². The summed E-state index contributed by atoms with van der Waals surface area (Å²) in [7, 11) is 5.77. The molecule has 1 aromatic heterocycles. The molecule has 5 aromatic rings. The Morgan fingerprint density at radius 2 is 1.63 bits per heavy atom. The van der Waals surface area contributed by atoms with E-state index in [1.807, 2.05) is 48.5 Å². The highest BCUT2D eigenvalue weighted by Gasteiger charge is 2.42. The largest absolute Gasteiger partial charge is 0.481 e. The van der Waals surface area contributed by atoms with Crippen LogP contribution in [0.1, 0.15) is 47.4 Å². The Bertz CT molecular complexity index is 1650. The number of hydrogen-bond acceptors (Lipinski definition) is 6. The minimum absolute atomic E-state index is 0.466. The number of rotatable bonds is 11. The highest BCUT2D eigenvalue weighted by atomic mass is 16.5. The molecule has 2 atom stereocenters. The molecule has 0 saturated heterocycles. The number of aliphatic hydroxyl groups is 1. The van der Waals surface area contributed by atoms with Crippen LogP contribution in [-0.4, -0.2) is 54.2 Å². The summed E-state index contributed by atoms with van der Waals surface area (Å²) in [5.74, 6) is 0.00803. The van der Waals surface area contributed by atoms with Crippen LogP contribution in [0.25, 0.3) is 21.7 Å². The van der Waals surface area contributed by atoms with Crippen LogP contribution in [0.4, 0.5) is 0 Å². The third-order valence-electron chi connectivity index (χ3n) is 7.82. The predicted octanol–water partition coefficient (Wildman–Crippen LogP) is 6.96. The molecule has 1 heterocycles. The molecular weight excluding hydrogens is 510 g/mol. The number of benzene rings is 4. The summed E-state index contributed by atoms with van der Waals surface area (Å²) in [4.78, 5) is 7.04. The molecule has 0 aliphatic heterocycles. The summed E-state index contributed by atoms with van der Waals surface area (Å²) in [5.41, 5.74) is 2.88. The molecule has 0 radical (unpaired) electrons. The molecule has 41 heavy (non-hydrogen) atoms. The van der Waals surface area contributed by atoms with E-state index in [4.69, 9.17) is 14.9 Å². The monoisotopic (exact) mass is 547 g/mol. The Morgan fingerprint density at radius 1 is 0.878 bits per heavy atom. The Balaban J connectivity index is 1.74. The summed E-state index contributed by atoms with van der Waals surface area (Å²) < 4.78 is 5.90. The molecule has 0 bridgehead atoms. The van der Waals surface area contributed by atoms with Gasteiger partial charge < -0.3 is 20.0 Å². The van der Waals surface area contributed by atoms with E-state index in [9.17, 15) is 5.11 Å².